The Kier molecular flexibility index (Phi) is 5.03. The second-order valence-corrected chi connectivity index (χ2v) is 8.90. The fourth-order valence-corrected chi connectivity index (χ4v) is 5.20. The van der Waals surface area contributed by atoms with Crippen LogP contribution in [0.3, 0.4) is 0 Å². The Morgan fingerprint density at radius 2 is 1.76 bits per heavy atom. The fourth-order valence-electron chi connectivity index (χ4n) is 4.64. The molecule has 3 aromatic carbocycles. The fraction of sp³-hybridized carbons (Fsp3) is 0.154. The summed E-state index contributed by atoms with van der Waals surface area (Å²) in [6, 6.07) is 21.9. The number of aromatic nitrogens is 3. The van der Waals surface area contributed by atoms with Gasteiger partial charge >= 0.3 is 0 Å². The van der Waals surface area contributed by atoms with E-state index in [0.29, 0.717) is 5.95 Å². The summed E-state index contributed by atoms with van der Waals surface area (Å²) in [5, 5.41) is 8.09. The summed E-state index contributed by atoms with van der Waals surface area (Å²) in [5.41, 5.74) is 5.09. The number of hydrogen-bond acceptors (Lipinski definition) is 6. The lowest BCUT2D eigenvalue weighted by Gasteiger charge is -2.39. The summed E-state index contributed by atoms with van der Waals surface area (Å²) in [4.78, 5) is 4.48. The lowest BCUT2D eigenvalue weighted by atomic mass is 9.84. The zero-order valence-corrected chi connectivity index (χ0v) is 20.1. The van der Waals surface area contributed by atoms with Gasteiger partial charge in [-0.2, -0.15) is 10.1 Å². The Bertz CT molecular complexity index is 1410. The maximum atomic E-state index is 6.66. The number of rotatable bonds is 4. The molecule has 1 N–H and O–H groups in total. The van der Waals surface area contributed by atoms with Gasteiger partial charge < -0.3 is 19.5 Å². The molecule has 0 bridgehead atoms. The van der Waals surface area contributed by atoms with Gasteiger partial charge in [0.25, 0.3) is 0 Å². The van der Waals surface area contributed by atoms with Crippen LogP contribution in [0.4, 0.5) is 5.95 Å². The van der Waals surface area contributed by atoms with Crippen LogP contribution in [0.2, 0.25) is 0 Å². The van der Waals surface area contributed by atoms with E-state index in [1.807, 2.05) is 53.2 Å². The molecule has 2 aliphatic heterocycles. The third-order valence-corrected chi connectivity index (χ3v) is 6.85. The first-order valence-electron chi connectivity index (χ1n) is 10.8. The molecule has 8 heteroatoms. The highest BCUT2D eigenvalue weighted by molar-refractivity contribution is 9.10. The Morgan fingerprint density at radius 3 is 2.53 bits per heavy atom. The van der Waals surface area contributed by atoms with Crippen molar-refractivity contribution in [2.45, 2.75) is 12.1 Å². The summed E-state index contributed by atoms with van der Waals surface area (Å²) in [6.45, 7) is 0. The number of benzene rings is 3. The first-order valence-corrected chi connectivity index (χ1v) is 11.6. The Hall–Kier alpha value is -3.78. The summed E-state index contributed by atoms with van der Waals surface area (Å²) in [6.07, 6.45) is 1.22. The normalized spacial score (nSPS) is 18.2. The molecular formula is C26H21BrN4O3. The molecule has 6 rings (SSSR count). The van der Waals surface area contributed by atoms with Crippen LogP contribution in [-0.4, -0.2) is 29.0 Å². The van der Waals surface area contributed by atoms with Crippen molar-refractivity contribution in [2.24, 2.45) is 0 Å². The van der Waals surface area contributed by atoms with E-state index in [9.17, 15) is 0 Å². The summed E-state index contributed by atoms with van der Waals surface area (Å²) >= 11 is 3.64. The molecule has 0 fully saturated rings. The quantitative estimate of drug-likeness (QED) is 0.379. The molecule has 7 nitrogen and oxygen atoms in total. The zero-order valence-electron chi connectivity index (χ0n) is 18.5. The van der Waals surface area contributed by atoms with Crippen molar-refractivity contribution in [2.75, 3.05) is 19.5 Å². The number of para-hydroxylation sites is 1. The number of methoxy groups -OCH3 is 2. The van der Waals surface area contributed by atoms with Gasteiger partial charge in [-0.1, -0.05) is 30.3 Å². The van der Waals surface area contributed by atoms with Gasteiger partial charge in [0.1, 0.15) is 35.7 Å². The first kappa shape index (κ1) is 20.8. The second-order valence-electron chi connectivity index (χ2n) is 8.05. The number of halogens is 1. The van der Waals surface area contributed by atoms with E-state index in [2.05, 4.69) is 49.5 Å². The summed E-state index contributed by atoms with van der Waals surface area (Å²) in [5.74, 6) is 3.06. The van der Waals surface area contributed by atoms with Crippen LogP contribution in [0, 0.1) is 0 Å². The van der Waals surface area contributed by atoms with Crippen molar-refractivity contribution >= 4 is 27.6 Å². The molecule has 1 aromatic heterocycles. The third kappa shape index (κ3) is 3.25. The van der Waals surface area contributed by atoms with Gasteiger partial charge in [0.2, 0.25) is 5.95 Å². The predicted octanol–water partition coefficient (Wildman–Crippen LogP) is 5.62. The lowest BCUT2D eigenvalue weighted by Crippen LogP contribution is -2.32. The molecule has 34 heavy (non-hydrogen) atoms. The SMILES string of the molecule is COc1ccc(C2C3=C(Nc4ncnn42)c2ccccc2OC3c2ccc(OC)c(Br)c2)cc1. The summed E-state index contributed by atoms with van der Waals surface area (Å²) in [7, 11) is 3.32. The average Bonchev–Trinajstić information content (AvgIpc) is 3.35. The van der Waals surface area contributed by atoms with Crippen molar-refractivity contribution < 1.29 is 14.2 Å². The van der Waals surface area contributed by atoms with Crippen molar-refractivity contribution in [3.8, 4) is 17.2 Å². The minimum atomic E-state index is -0.357. The maximum absolute atomic E-state index is 6.66. The molecule has 0 amide bonds. The van der Waals surface area contributed by atoms with Crippen LogP contribution in [0.15, 0.2) is 83.1 Å². The number of fused-ring (bicyclic) bond motifs is 3. The highest BCUT2D eigenvalue weighted by Crippen LogP contribution is 2.51. The van der Waals surface area contributed by atoms with Gasteiger partial charge in [-0.25, -0.2) is 4.68 Å². The molecule has 0 saturated heterocycles. The van der Waals surface area contributed by atoms with Crippen LogP contribution >= 0.6 is 15.9 Å². The van der Waals surface area contributed by atoms with Gasteiger partial charge in [0.15, 0.2) is 0 Å². The monoisotopic (exact) mass is 516 g/mol. The highest BCUT2D eigenvalue weighted by atomic mass is 79.9. The predicted molar refractivity (Wildman–Crippen MR) is 132 cm³/mol. The van der Waals surface area contributed by atoms with Crippen molar-refractivity contribution in [3.05, 3.63) is 99.8 Å². The molecule has 4 aromatic rings. The molecule has 3 heterocycles. The molecule has 0 radical (unpaired) electrons. The highest BCUT2D eigenvalue weighted by Gasteiger charge is 2.41. The van der Waals surface area contributed by atoms with E-state index in [0.717, 1.165) is 49.7 Å². The van der Waals surface area contributed by atoms with E-state index in [1.165, 1.54) is 0 Å². The van der Waals surface area contributed by atoms with E-state index >= 15 is 0 Å². The lowest BCUT2D eigenvalue weighted by molar-refractivity contribution is 0.223. The molecule has 2 aliphatic rings. The largest absolute Gasteiger partial charge is 0.497 e. The molecule has 0 aliphatic carbocycles. The van der Waals surface area contributed by atoms with Gasteiger partial charge in [0, 0.05) is 11.1 Å². The van der Waals surface area contributed by atoms with Crippen molar-refractivity contribution in [3.63, 3.8) is 0 Å². The standard InChI is InChI=1S/C26H21BrN4O3/c1-32-17-10-7-15(8-11-17)24-22-23(30-26-28-14-29-31(24)26)18-5-3-4-6-20(18)34-25(22)16-9-12-21(33-2)19(27)13-16/h3-14,24-25H,1-2H3,(H,28,29,30). The maximum Gasteiger partial charge on any atom is 0.226 e. The van der Waals surface area contributed by atoms with Crippen LogP contribution in [0.1, 0.15) is 28.8 Å². The number of nitrogens with one attached hydrogen (secondary N) is 1. The minimum absolute atomic E-state index is 0.223. The van der Waals surface area contributed by atoms with E-state index < -0.39 is 0 Å². The molecule has 0 saturated carbocycles. The van der Waals surface area contributed by atoms with Gasteiger partial charge in [-0.3, -0.25) is 0 Å². The van der Waals surface area contributed by atoms with Crippen LogP contribution < -0.4 is 19.5 Å². The number of hydrogen-bond donors (Lipinski definition) is 1. The summed E-state index contributed by atoms with van der Waals surface area (Å²) < 4.78 is 20.3. The Morgan fingerprint density at radius 1 is 0.971 bits per heavy atom. The van der Waals surface area contributed by atoms with Gasteiger partial charge in [0.05, 0.1) is 24.4 Å². The zero-order chi connectivity index (χ0) is 23.2. The Balaban J connectivity index is 1.59. The average molecular weight is 517 g/mol. The minimum Gasteiger partial charge on any atom is -0.497 e. The topological polar surface area (TPSA) is 70.4 Å². The van der Waals surface area contributed by atoms with Crippen LogP contribution in [0.25, 0.3) is 5.70 Å². The molecule has 2 unspecified atom stereocenters. The van der Waals surface area contributed by atoms with Crippen molar-refractivity contribution in [1.82, 2.24) is 14.8 Å². The second kappa shape index (κ2) is 8.22. The molecule has 2 atom stereocenters. The first-order chi connectivity index (χ1) is 16.7. The van der Waals surface area contributed by atoms with E-state index in [1.54, 1.807) is 20.5 Å². The number of ether oxygens (including phenoxy) is 3. The third-order valence-electron chi connectivity index (χ3n) is 6.23. The Labute approximate surface area is 205 Å². The van der Waals surface area contributed by atoms with Gasteiger partial charge in [-0.05, 0) is 63.5 Å². The molecule has 170 valence electrons. The smallest absolute Gasteiger partial charge is 0.226 e. The van der Waals surface area contributed by atoms with Gasteiger partial charge in [-0.15, -0.1) is 0 Å². The van der Waals surface area contributed by atoms with E-state index in [4.69, 9.17) is 14.2 Å². The van der Waals surface area contributed by atoms with Crippen LogP contribution in [0.5, 0.6) is 17.2 Å². The number of nitrogens with zero attached hydrogens (tertiary/aromatic N) is 3. The van der Waals surface area contributed by atoms with Crippen molar-refractivity contribution in [1.29, 1.82) is 0 Å². The van der Waals surface area contributed by atoms with E-state index in [-0.39, 0.29) is 12.1 Å². The molecular weight excluding hydrogens is 496 g/mol. The molecule has 0 spiro atoms. The van der Waals surface area contributed by atoms with Crippen LogP contribution in [-0.2, 0) is 0 Å². The number of anilines is 1.